The Bertz CT molecular complexity index is 2250. The average molecular weight is 671 g/mol. The zero-order valence-corrected chi connectivity index (χ0v) is 29.3. The van der Waals surface area contributed by atoms with Gasteiger partial charge in [0.15, 0.2) is 0 Å². The first kappa shape index (κ1) is 32.6. The van der Waals surface area contributed by atoms with Gasteiger partial charge < -0.3 is 9.47 Å². The second-order valence-electron chi connectivity index (χ2n) is 12.7. The van der Waals surface area contributed by atoms with E-state index in [9.17, 15) is 0 Å². The molecule has 0 saturated carbocycles. The van der Waals surface area contributed by atoms with Crippen LogP contribution < -0.4 is 9.47 Å². The van der Waals surface area contributed by atoms with Crippen molar-refractivity contribution in [3.63, 3.8) is 0 Å². The van der Waals surface area contributed by atoms with E-state index in [4.69, 9.17) is 9.47 Å². The van der Waals surface area contributed by atoms with Gasteiger partial charge in [0.05, 0.1) is 14.2 Å². The van der Waals surface area contributed by atoms with Crippen LogP contribution >= 0.6 is 0 Å². The van der Waals surface area contributed by atoms with E-state index in [0.717, 1.165) is 89.4 Å². The Labute approximate surface area is 306 Å². The monoisotopic (exact) mass is 670 g/mol. The first-order chi connectivity index (χ1) is 25.8. The predicted octanol–water partition coefficient (Wildman–Crippen LogP) is 13.4. The van der Waals surface area contributed by atoms with E-state index < -0.39 is 0 Å². The van der Waals surface area contributed by atoms with Crippen LogP contribution in [-0.2, 0) is 0 Å². The van der Waals surface area contributed by atoms with E-state index in [2.05, 4.69) is 194 Å². The molecule has 52 heavy (non-hydrogen) atoms. The van der Waals surface area contributed by atoms with Gasteiger partial charge in [0.2, 0.25) is 0 Å². The Hall–Kier alpha value is -6.64. The van der Waals surface area contributed by atoms with Crippen LogP contribution in [0.4, 0.5) is 0 Å². The molecule has 0 aliphatic rings. The molecule has 0 aliphatic carbocycles. The molecule has 2 heteroatoms. The lowest BCUT2D eigenvalue weighted by atomic mass is 9.78. The fraction of sp³-hybridized carbons (Fsp3) is 0.0400. The Morgan fingerprint density at radius 3 is 0.731 bits per heavy atom. The van der Waals surface area contributed by atoms with Gasteiger partial charge in [-0.05, 0) is 56.6 Å². The highest BCUT2D eigenvalue weighted by molar-refractivity contribution is 6.08. The molecular weight excluding hydrogens is 633 g/mol. The van der Waals surface area contributed by atoms with Gasteiger partial charge in [0.1, 0.15) is 11.5 Å². The molecule has 8 aromatic rings. The van der Waals surface area contributed by atoms with Gasteiger partial charge in [0.25, 0.3) is 0 Å². The second kappa shape index (κ2) is 14.7. The Morgan fingerprint density at radius 2 is 0.481 bits per heavy atom. The molecule has 0 bridgehead atoms. The molecule has 0 fully saturated rings. The van der Waals surface area contributed by atoms with Crippen LogP contribution in [0.2, 0.25) is 0 Å². The molecule has 0 radical (unpaired) electrons. The molecule has 0 aliphatic heterocycles. The van der Waals surface area contributed by atoms with Crippen molar-refractivity contribution in [3.05, 3.63) is 194 Å². The highest BCUT2D eigenvalue weighted by Gasteiger charge is 2.28. The summed E-state index contributed by atoms with van der Waals surface area (Å²) in [7, 11) is 3.57. The minimum absolute atomic E-state index is 0.835. The smallest absolute Gasteiger partial charge is 0.135 e. The fourth-order valence-corrected chi connectivity index (χ4v) is 7.41. The number of ether oxygens (including phenoxy) is 2. The normalized spacial score (nSPS) is 10.9. The summed E-state index contributed by atoms with van der Waals surface area (Å²) in [6.45, 7) is 0. The molecule has 0 unspecified atom stereocenters. The van der Waals surface area contributed by atoms with Gasteiger partial charge in [-0.2, -0.15) is 0 Å². The van der Waals surface area contributed by atoms with Crippen molar-refractivity contribution >= 4 is 0 Å². The Balaban J connectivity index is 1.64. The molecule has 0 heterocycles. The minimum atomic E-state index is 0.835. The molecule has 0 N–H and O–H groups in total. The third kappa shape index (κ3) is 6.05. The van der Waals surface area contributed by atoms with E-state index >= 15 is 0 Å². The first-order valence-electron chi connectivity index (χ1n) is 17.6. The van der Waals surface area contributed by atoms with Crippen molar-refractivity contribution in [1.29, 1.82) is 0 Å². The molecule has 0 spiro atoms. The van der Waals surface area contributed by atoms with Crippen LogP contribution in [0.3, 0.4) is 0 Å². The second-order valence-corrected chi connectivity index (χ2v) is 12.7. The number of hydrogen-bond donors (Lipinski definition) is 0. The SMILES string of the molecule is COc1c(-c2ccccc2)cc(-c2cc(-c3ccccc3)c(OC)c(-c3ccccc3)c2-c2ccccc2)c(-c2ccccc2)c1-c1ccccc1. The molecule has 0 atom stereocenters. The number of methoxy groups -OCH3 is 2. The van der Waals surface area contributed by atoms with Crippen LogP contribution in [0.5, 0.6) is 11.5 Å². The molecule has 0 saturated heterocycles. The lowest BCUT2D eigenvalue weighted by molar-refractivity contribution is 0.418. The summed E-state index contributed by atoms with van der Waals surface area (Å²) in [5, 5.41) is 0. The van der Waals surface area contributed by atoms with Gasteiger partial charge in [-0.3, -0.25) is 0 Å². The summed E-state index contributed by atoms with van der Waals surface area (Å²) in [5.74, 6) is 1.67. The van der Waals surface area contributed by atoms with Gasteiger partial charge in [-0.15, -0.1) is 0 Å². The summed E-state index contributed by atoms with van der Waals surface area (Å²) in [5.41, 5.74) is 15.1. The van der Waals surface area contributed by atoms with Gasteiger partial charge in [-0.1, -0.05) is 182 Å². The summed E-state index contributed by atoms with van der Waals surface area (Å²) in [6.07, 6.45) is 0. The number of rotatable bonds is 9. The quantitative estimate of drug-likeness (QED) is 0.152. The maximum atomic E-state index is 6.46. The lowest BCUT2D eigenvalue weighted by Gasteiger charge is -2.27. The standard InChI is InChI=1S/C50H38O2/c1-51-49-41(35-21-9-3-10-22-35)33-43(45(37-25-13-5-14-26-37)47(49)39-29-17-7-18-30-39)44-34-42(36-23-11-4-12-24-36)50(52-2)48(40-31-19-8-20-32-40)46(44)38-27-15-6-16-28-38/h3-34H,1-2H3. The first-order valence-corrected chi connectivity index (χ1v) is 17.6. The summed E-state index contributed by atoms with van der Waals surface area (Å²) in [6, 6.07) is 68.5. The topological polar surface area (TPSA) is 18.5 Å². The van der Waals surface area contributed by atoms with Crippen LogP contribution in [0.1, 0.15) is 0 Å². The van der Waals surface area contributed by atoms with Crippen molar-refractivity contribution in [2.45, 2.75) is 0 Å². The van der Waals surface area contributed by atoms with Crippen LogP contribution in [0.15, 0.2) is 194 Å². The Morgan fingerprint density at radius 1 is 0.250 bits per heavy atom. The minimum Gasteiger partial charge on any atom is -0.495 e. The summed E-state index contributed by atoms with van der Waals surface area (Å²) >= 11 is 0. The van der Waals surface area contributed by atoms with E-state index in [1.807, 2.05) is 0 Å². The van der Waals surface area contributed by atoms with Gasteiger partial charge in [-0.25, -0.2) is 0 Å². The Kier molecular flexibility index (Phi) is 9.19. The van der Waals surface area contributed by atoms with Gasteiger partial charge in [0, 0.05) is 33.4 Å². The summed E-state index contributed by atoms with van der Waals surface area (Å²) < 4.78 is 12.9. The molecule has 250 valence electrons. The maximum Gasteiger partial charge on any atom is 0.135 e. The third-order valence-electron chi connectivity index (χ3n) is 9.68. The van der Waals surface area contributed by atoms with Crippen LogP contribution in [-0.4, -0.2) is 14.2 Å². The molecule has 0 aromatic heterocycles. The maximum absolute atomic E-state index is 6.46. The summed E-state index contributed by atoms with van der Waals surface area (Å²) in [4.78, 5) is 0. The van der Waals surface area contributed by atoms with Crippen molar-refractivity contribution in [2.75, 3.05) is 14.2 Å². The van der Waals surface area contributed by atoms with Crippen molar-refractivity contribution in [2.24, 2.45) is 0 Å². The highest BCUT2D eigenvalue weighted by atomic mass is 16.5. The highest BCUT2D eigenvalue weighted by Crippen LogP contribution is 2.55. The van der Waals surface area contributed by atoms with E-state index in [-0.39, 0.29) is 0 Å². The molecule has 0 amide bonds. The van der Waals surface area contributed by atoms with Gasteiger partial charge >= 0.3 is 0 Å². The largest absolute Gasteiger partial charge is 0.495 e. The third-order valence-corrected chi connectivity index (χ3v) is 9.68. The average Bonchev–Trinajstić information content (AvgIpc) is 3.24. The van der Waals surface area contributed by atoms with Crippen LogP contribution in [0.25, 0.3) is 77.9 Å². The predicted molar refractivity (Wildman–Crippen MR) is 218 cm³/mol. The molecular formula is C50H38O2. The zero-order valence-electron chi connectivity index (χ0n) is 29.3. The van der Waals surface area contributed by atoms with Crippen molar-refractivity contribution in [3.8, 4) is 89.4 Å². The van der Waals surface area contributed by atoms with Crippen LogP contribution in [0, 0.1) is 0 Å². The number of benzene rings is 8. The zero-order chi connectivity index (χ0) is 35.3. The lowest BCUT2D eigenvalue weighted by Crippen LogP contribution is -2.02. The van der Waals surface area contributed by atoms with E-state index in [1.54, 1.807) is 14.2 Å². The van der Waals surface area contributed by atoms with Crippen molar-refractivity contribution in [1.82, 2.24) is 0 Å². The fourth-order valence-electron chi connectivity index (χ4n) is 7.41. The van der Waals surface area contributed by atoms with Crippen molar-refractivity contribution < 1.29 is 9.47 Å². The van der Waals surface area contributed by atoms with E-state index in [1.165, 1.54) is 0 Å². The molecule has 8 rings (SSSR count). The number of hydrogen-bond acceptors (Lipinski definition) is 2. The molecule has 8 aromatic carbocycles. The molecule has 2 nitrogen and oxygen atoms in total. The van der Waals surface area contributed by atoms with E-state index in [0.29, 0.717) is 0 Å².